The van der Waals surface area contributed by atoms with Crippen LogP contribution in [0.3, 0.4) is 0 Å². The molecule has 6 rings (SSSR count). The Morgan fingerprint density at radius 1 is 1.10 bits per heavy atom. The summed E-state index contributed by atoms with van der Waals surface area (Å²) in [4.78, 5) is 18.6. The number of likely N-dealkylation sites (tertiary alicyclic amines) is 1. The summed E-state index contributed by atoms with van der Waals surface area (Å²) < 4.78 is 2.11. The summed E-state index contributed by atoms with van der Waals surface area (Å²) in [6, 6.07) is 9.40. The molecule has 29 heavy (non-hydrogen) atoms. The molecule has 0 radical (unpaired) electrons. The predicted octanol–water partition coefficient (Wildman–Crippen LogP) is 4.21. The van der Waals surface area contributed by atoms with Crippen molar-refractivity contribution >= 4 is 16.8 Å². The molecule has 0 unspecified atom stereocenters. The molecule has 1 aromatic heterocycles. The van der Waals surface area contributed by atoms with Crippen LogP contribution in [0.15, 0.2) is 42.1 Å². The number of carbonyl (C=O) groups excluding carboxylic acids is 1. The SMILES string of the molecule is Cn1ccc2cc(C(=O)N3CCCC4=C[C@H]5C[C@H](CN6CCCC[C@@H]56)[C@@H]43)ccc21. The molecule has 1 aromatic carbocycles. The van der Waals surface area contributed by atoms with E-state index in [-0.39, 0.29) is 5.91 Å². The number of hydrogen-bond acceptors (Lipinski definition) is 2. The van der Waals surface area contributed by atoms with E-state index in [1.165, 1.54) is 50.7 Å². The number of piperidine rings is 3. The van der Waals surface area contributed by atoms with Gasteiger partial charge in [0.1, 0.15) is 0 Å². The van der Waals surface area contributed by atoms with Gasteiger partial charge < -0.3 is 9.47 Å². The number of rotatable bonds is 1. The molecule has 1 amide bonds. The van der Waals surface area contributed by atoms with E-state index in [9.17, 15) is 4.79 Å². The van der Waals surface area contributed by atoms with Gasteiger partial charge in [0.15, 0.2) is 0 Å². The highest BCUT2D eigenvalue weighted by atomic mass is 16.2. The Kier molecular flexibility index (Phi) is 4.12. The molecule has 0 N–H and O–H groups in total. The molecule has 4 atom stereocenters. The maximum atomic E-state index is 13.6. The van der Waals surface area contributed by atoms with Crippen molar-refractivity contribution in [1.82, 2.24) is 14.4 Å². The lowest BCUT2D eigenvalue weighted by Crippen LogP contribution is -2.60. The van der Waals surface area contributed by atoms with Crippen molar-refractivity contribution in [3.8, 4) is 0 Å². The average Bonchev–Trinajstić information content (AvgIpc) is 3.13. The maximum Gasteiger partial charge on any atom is 0.254 e. The number of aryl methyl sites for hydroxylation is 1. The van der Waals surface area contributed by atoms with Crippen LogP contribution >= 0.6 is 0 Å². The van der Waals surface area contributed by atoms with Gasteiger partial charge in [-0.2, -0.15) is 0 Å². The van der Waals surface area contributed by atoms with E-state index in [2.05, 4.69) is 51.9 Å². The second kappa shape index (κ2) is 6.73. The molecule has 4 heteroatoms. The van der Waals surface area contributed by atoms with Gasteiger partial charge in [-0.05, 0) is 74.8 Å². The summed E-state index contributed by atoms with van der Waals surface area (Å²) in [5, 5.41) is 1.16. The molecule has 0 saturated carbocycles. The van der Waals surface area contributed by atoms with Crippen LogP contribution in [0.5, 0.6) is 0 Å². The fourth-order valence-corrected chi connectivity index (χ4v) is 6.78. The lowest BCUT2D eigenvalue weighted by Gasteiger charge is -2.54. The fraction of sp³-hybridized carbons (Fsp3) is 0.560. The van der Waals surface area contributed by atoms with Crippen molar-refractivity contribution in [3.63, 3.8) is 0 Å². The van der Waals surface area contributed by atoms with E-state index in [1.807, 2.05) is 6.07 Å². The van der Waals surface area contributed by atoms with Gasteiger partial charge in [0.25, 0.3) is 5.91 Å². The zero-order valence-corrected chi connectivity index (χ0v) is 17.4. The van der Waals surface area contributed by atoms with Crippen molar-refractivity contribution in [2.75, 3.05) is 19.6 Å². The summed E-state index contributed by atoms with van der Waals surface area (Å²) in [6.07, 6.45) is 12.3. The van der Waals surface area contributed by atoms with Crippen LogP contribution in [0.1, 0.15) is 48.9 Å². The molecule has 4 aliphatic rings. The summed E-state index contributed by atoms with van der Waals surface area (Å²) in [7, 11) is 2.06. The van der Waals surface area contributed by atoms with Crippen LogP contribution in [-0.2, 0) is 7.05 Å². The standard InChI is InChI=1S/C25H31N3O/c1-26-12-9-17-13-19(7-8-22(17)26)25(29)28-11-4-5-18-14-20-15-21(24(18)28)16-27-10-3-2-6-23(20)27/h7-9,12-14,20-21,23-24H,2-6,10-11,15-16H2,1H3/t20-,21+,23-,24+/m0/s1. The third-order valence-corrected chi connectivity index (χ3v) is 8.05. The summed E-state index contributed by atoms with van der Waals surface area (Å²) in [5.74, 6) is 1.56. The molecular weight excluding hydrogens is 358 g/mol. The van der Waals surface area contributed by atoms with Crippen LogP contribution in [0.2, 0.25) is 0 Å². The highest BCUT2D eigenvalue weighted by Crippen LogP contribution is 2.45. The minimum atomic E-state index is 0.227. The molecule has 2 aromatic rings. The minimum Gasteiger partial charge on any atom is -0.351 e. The second-order valence-electron chi connectivity index (χ2n) is 9.71. The first kappa shape index (κ1) is 17.8. The van der Waals surface area contributed by atoms with Gasteiger partial charge in [-0.25, -0.2) is 0 Å². The number of carbonyl (C=O) groups is 1. The van der Waals surface area contributed by atoms with Crippen LogP contribution < -0.4 is 0 Å². The van der Waals surface area contributed by atoms with Crippen molar-refractivity contribution in [3.05, 3.63) is 47.7 Å². The van der Waals surface area contributed by atoms with E-state index >= 15 is 0 Å². The Morgan fingerprint density at radius 2 is 2.03 bits per heavy atom. The molecule has 2 bridgehead atoms. The zero-order chi connectivity index (χ0) is 19.5. The van der Waals surface area contributed by atoms with Gasteiger partial charge in [0.2, 0.25) is 0 Å². The number of fused-ring (bicyclic) bond motifs is 7. The van der Waals surface area contributed by atoms with E-state index in [1.54, 1.807) is 5.57 Å². The number of hydrogen-bond donors (Lipinski definition) is 0. The van der Waals surface area contributed by atoms with Crippen LogP contribution in [0.25, 0.3) is 10.9 Å². The minimum absolute atomic E-state index is 0.227. The number of amides is 1. The van der Waals surface area contributed by atoms with Crippen LogP contribution in [0.4, 0.5) is 0 Å². The number of benzene rings is 1. The third-order valence-electron chi connectivity index (χ3n) is 8.05. The Hall–Kier alpha value is -2.07. The summed E-state index contributed by atoms with van der Waals surface area (Å²) >= 11 is 0. The largest absolute Gasteiger partial charge is 0.351 e. The van der Waals surface area contributed by atoms with Gasteiger partial charge >= 0.3 is 0 Å². The molecule has 3 fully saturated rings. The van der Waals surface area contributed by atoms with E-state index in [0.29, 0.717) is 12.0 Å². The maximum absolute atomic E-state index is 13.6. The molecule has 4 heterocycles. The number of nitrogens with zero attached hydrogens (tertiary/aromatic N) is 3. The predicted molar refractivity (Wildman–Crippen MR) is 116 cm³/mol. The Morgan fingerprint density at radius 3 is 2.97 bits per heavy atom. The van der Waals surface area contributed by atoms with Crippen molar-refractivity contribution in [2.45, 2.75) is 50.6 Å². The molecule has 3 saturated heterocycles. The highest BCUT2D eigenvalue weighted by molar-refractivity contribution is 5.98. The molecule has 1 aliphatic carbocycles. The molecule has 4 nitrogen and oxygen atoms in total. The first-order chi connectivity index (χ1) is 14.2. The van der Waals surface area contributed by atoms with Crippen LogP contribution in [-0.4, -0.2) is 52.0 Å². The Bertz CT molecular complexity index is 989. The lowest BCUT2D eigenvalue weighted by atomic mass is 9.68. The van der Waals surface area contributed by atoms with Gasteiger partial charge in [-0.15, -0.1) is 0 Å². The first-order valence-electron chi connectivity index (χ1n) is 11.5. The fourth-order valence-electron chi connectivity index (χ4n) is 6.78. The van der Waals surface area contributed by atoms with Gasteiger partial charge in [-0.1, -0.05) is 18.1 Å². The van der Waals surface area contributed by atoms with E-state index < -0.39 is 0 Å². The van der Waals surface area contributed by atoms with E-state index in [4.69, 9.17) is 0 Å². The highest BCUT2D eigenvalue weighted by Gasteiger charge is 2.46. The van der Waals surface area contributed by atoms with E-state index in [0.717, 1.165) is 35.9 Å². The lowest BCUT2D eigenvalue weighted by molar-refractivity contribution is 0.00148. The third kappa shape index (κ3) is 2.79. The smallest absolute Gasteiger partial charge is 0.254 e. The number of aromatic nitrogens is 1. The summed E-state index contributed by atoms with van der Waals surface area (Å²) in [6.45, 7) is 3.34. The van der Waals surface area contributed by atoms with Crippen LogP contribution in [0, 0.1) is 11.8 Å². The summed E-state index contributed by atoms with van der Waals surface area (Å²) in [5.41, 5.74) is 3.60. The normalized spacial score (nSPS) is 31.9. The Balaban J connectivity index is 1.33. The molecule has 152 valence electrons. The van der Waals surface area contributed by atoms with Gasteiger partial charge in [0.05, 0.1) is 6.04 Å². The van der Waals surface area contributed by atoms with Gasteiger partial charge in [-0.3, -0.25) is 9.69 Å². The van der Waals surface area contributed by atoms with Gasteiger partial charge in [0, 0.05) is 48.8 Å². The first-order valence-corrected chi connectivity index (χ1v) is 11.5. The topological polar surface area (TPSA) is 28.5 Å². The van der Waals surface area contributed by atoms with Crippen molar-refractivity contribution in [2.24, 2.45) is 18.9 Å². The Labute approximate surface area is 173 Å². The molecule has 3 aliphatic heterocycles. The monoisotopic (exact) mass is 389 g/mol. The molecule has 0 spiro atoms. The van der Waals surface area contributed by atoms with Crippen molar-refractivity contribution < 1.29 is 4.79 Å². The van der Waals surface area contributed by atoms with Crippen molar-refractivity contribution in [1.29, 1.82) is 0 Å². The second-order valence-corrected chi connectivity index (χ2v) is 9.71. The average molecular weight is 390 g/mol. The quantitative estimate of drug-likeness (QED) is 0.684. The zero-order valence-electron chi connectivity index (χ0n) is 17.4. The molecular formula is C25H31N3O.